The third-order valence-electron chi connectivity index (χ3n) is 2.12. The van der Waals surface area contributed by atoms with E-state index >= 15 is 0 Å². The highest BCUT2D eigenvalue weighted by Crippen LogP contribution is 2.18. The van der Waals surface area contributed by atoms with Crippen molar-refractivity contribution >= 4 is 0 Å². The molecular weight excluding hydrogens is 200 g/mol. The molecule has 2 atom stereocenters. The zero-order valence-electron chi connectivity index (χ0n) is 11.0. The summed E-state index contributed by atoms with van der Waals surface area (Å²) in [7, 11) is 0. The Morgan fingerprint density at radius 3 is 1.12 bits per heavy atom. The lowest BCUT2D eigenvalue weighted by Gasteiger charge is -2.20. The molecule has 0 radical (unpaired) electrons. The van der Waals surface area contributed by atoms with E-state index < -0.39 is 12.2 Å². The number of hydrogen-bond acceptors (Lipinski definition) is 2. The molecule has 0 aromatic rings. The molecule has 0 rings (SSSR count). The van der Waals surface area contributed by atoms with Gasteiger partial charge in [-0.1, -0.05) is 53.4 Å². The summed E-state index contributed by atoms with van der Waals surface area (Å²) in [5.41, 5.74) is -0.533. The van der Waals surface area contributed by atoms with Crippen LogP contribution >= 0.6 is 0 Å². The molecule has 0 aliphatic carbocycles. The van der Waals surface area contributed by atoms with Crippen LogP contribution in [-0.4, -0.2) is 22.4 Å². The summed E-state index contributed by atoms with van der Waals surface area (Å²) in [5, 5.41) is 19.2. The fourth-order valence-corrected chi connectivity index (χ4v) is 0.642. The molecule has 0 spiro atoms. The predicted molar refractivity (Wildman–Crippen MR) is 66.5 cm³/mol. The van der Waals surface area contributed by atoms with E-state index in [1.807, 2.05) is 41.5 Å². The second kappa shape index (κ2) is 5.39. The summed E-state index contributed by atoms with van der Waals surface area (Å²) >= 11 is 0. The minimum Gasteiger partial charge on any atom is -0.380 e. The molecule has 0 amide bonds. The quantitative estimate of drug-likeness (QED) is 0.614. The zero-order chi connectivity index (χ0) is 13.0. The van der Waals surface area contributed by atoms with Crippen molar-refractivity contribution in [2.75, 3.05) is 0 Å². The van der Waals surface area contributed by atoms with Crippen molar-refractivity contribution in [3.05, 3.63) is 0 Å². The maximum Gasteiger partial charge on any atom is 0.120 e. The van der Waals surface area contributed by atoms with Crippen LogP contribution < -0.4 is 0 Å². The van der Waals surface area contributed by atoms with Crippen molar-refractivity contribution < 1.29 is 10.2 Å². The second-order valence-electron chi connectivity index (χ2n) is 6.08. The molecule has 0 aromatic heterocycles. The first-order chi connectivity index (χ1) is 7.05. The molecule has 0 aromatic carbocycles. The van der Waals surface area contributed by atoms with Crippen LogP contribution in [0.3, 0.4) is 0 Å². The molecule has 0 heterocycles. The molecule has 16 heavy (non-hydrogen) atoms. The highest BCUT2D eigenvalue weighted by molar-refractivity contribution is 5.29. The molecule has 0 aliphatic heterocycles. The first kappa shape index (κ1) is 15.0. The van der Waals surface area contributed by atoms with Crippen molar-refractivity contribution in [1.29, 1.82) is 0 Å². The average Bonchev–Trinajstić information content (AvgIpc) is 2.08. The van der Waals surface area contributed by atoms with Crippen LogP contribution in [0.15, 0.2) is 0 Å². The molecular formula is C14H22O2. The molecule has 2 N–H and O–H groups in total. The number of hydrogen-bond donors (Lipinski definition) is 2. The topological polar surface area (TPSA) is 40.5 Å². The summed E-state index contributed by atoms with van der Waals surface area (Å²) in [5.74, 6) is 10.4. The van der Waals surface area contributed by atoms with Gasteiger partial charge in [-0.3, -0.25) is 0 Å². The third-order valence-corrected chi connectivity index (χ3v) is 2.12. The van der Waals surface area contributed by atoms with Gasteiger partial charge in [0.1, 0.15) is 12.2 Å². The predicted octanol–water partition coefficient (Wildman–Crippen LogP) is 1.81. The van der Waals surface area contributed by atoms with Crippen LogP contribution in [0.2, 0.25) is 0 Å². The number of aliphatic hydroxyl groups is 2. The number of rotatable bonds is 0. The molecule has 0 aliphatic rings. The van der Waals surface area contributed by atoms with Gasteiger partial charge in [-0.15, -0.1) is 0 Å². The van der Waals surface area contributed by atoms with Gasteiger partial charge in [0.2, 0.25) is 0 Å². The van der Waals surface area contributed by atoms with Crippen molar-refractivity contribution in [3.8, 4) is 23.7 Å². The van der Waals surface area contributed by atoms with Crippen LogP contribution in [0.25, 0.3) is 0 Å². The molecule has 0 saturated carbocycles. The van der Waals surface area contributed by atoms with Gasteiger partial charge in [0.25, 0.3) is 0 Å². The average molecular weight is 222 g/mol. The van der Waals surface area contributed by atoms with Gasteiger partial charge in [-0.25, -0.2) is 0 Å². The Balaban J connectivity index is 4.48. The minimum absolute atomic E-state index is 0.267. The molecule has 2 unspecified atom stereocenters. The molecule has 0 fully saturated rings. The first-order valence-electron chi connectivity index (χ1n) is 5.42. The normalized spacial score (nSPS) is 15.2. The van der Waals surface area contributed by atoms with E-state index in [4.69, 9.17) is 0 Å². The molecule has 0 bridgehead atoms. The fraction of sp³-hybridized carbons (Fsp3) is 0.714. The van der Waals surface area contributed by atoms with Gasteiger partial charge in [0.05, 0.1) is 0 Å². The van der Waals surface area contributed by atoms with Gasteiger partial charge in [-0.05, 0) is 22.7 Å². The lowest BCUT2D eigenvalue weighted by atomic mass is 9.89. The Kier molecular flexibility index (Phi) is 5.07. The Bertz CT molecular complexity index is 297. The summed E-state index contributed by atoms with van der Waals surface area (Å²) in [6, 6.07) is 0. The zero-order valence-corrected chi connectivity index (χ0v) is 11.0. The molecule has 2 heteroatoms. The summed E-state index contributed by atoms with van der Waals surface area (Å²) in [6.07, 6.45) is -1.40. The minimum atomic E-state index is -0.700. The van der Waals surface area contributed by atoms with Crippen LogP contribution in [0.5, 0.6) is 0 Å². The van der Waals surface area contributed by atoms with E-state index in [0.717, 1.165) is 0 Å². The maximum atomic E-state index is 9.61. The molecule has 90 valence electrons. The summed E-state index contributed by atoms with van der Waals surface area (Å²) < 4.78 is 0. The Morgan fingerprint density at radius 2 is 0.938 bits per heavy atom. The monoisotopic (exact) mass is 222 g/mol. The van der Waals surface area contributed by atoms with Crippen LogP contribution in [-0.2, 0) is 0 Å². The van der Waals surface area contributed by atoms with Crippen molar-refractivity contribution in [2.24, 2.45) is 10.8 Å². The van der Waals surface area contributed by atoms with E-state index in [9.17, 15) is 10.2 Å². The maximum absolute atomic E-state index is 9.61. The smallest absolute Gasteiger partial charge is 0.120 e. The van der Waals surface area contributed by atoms with Crippen molar-refractivity contribution in [3.63, 3.8) is 0 Å². The van der Waals surface area contributed by atoms with E-state index in [1.165, 1.54) is 0 Å². The van der Waals surface area contributed by atoms with Crippen LogP contribution in [0, 0.1) is 34.5 Å². The van der Waals surface area contributed by atoms with Gasteiger partial charge in [0, 0.05) is 0 Å². The molecule has 0 saturated heterocycles. The SMILES string of the molecule is CC(C)(C)C(O)C#CC#CC(O)C(C)(C)C. The van der Waals surface area contributed by atoms with Crippen molar-refractivity contribution in [2.45, 2.75) is 53.8 Å². The Hall–Kier alpha value is -0.960. The van der Waals surface area contributed by atoms with Gasteiger partial charge >= 0.3 is 0 Å². The second-order valence-corrected chi connectivity index (χ2v) is 6.08. The Labute approximate surface area is 99.1 Å². The fourth-order valence-electron chi connectivity index (χ4n) is 0.642. The first-order valence-corrected chi connectivity index (χ1v) is 5.42. The lowest BCUT2D eigenvalue weighted by Crippen LogP contribution is -2.24. The lowest BCUT2D eigenvalue weighted by molar-refractivity contribution is 0.113. The van der Waals surface area contributed by atoms with Gasteiger partial charge in [0.15, 0.2) is 0 Å². The van der Waals surface area contributed by atoms with Crippen LogP contribution in [0.1, 0.15) is 41.5 Å². The van der Waals surface area contributed by atoms with E-state index in [-0.39, 0.29) is 10.8 Å². The Morgan fingerprint density at radius 1 is 0.688 bits per heavy atom. The van der Waals surface area contributed by atoms with E-state index in [1.54, 1.807) is 0 Å². The van der Waals surface area contributed by atoms with E-state index in [0.29, 0.717) is 0 Å². The molecule has 2 nitrogen and oxygen atoms in total. The summed E-state index contributed by atoms with van der Waals surface area (Å²) in [6.45, 7) is 11.4. The highest BCUT2D eigenvalue weighted by Gasteiger charge is 2.20. The van der Waals surface area contributed by atoms with Crippen LogP contribution in [0.4, 0.5) is 0 Å². The van der Waals surface area contributed by atoms with Crippen molar-refractivity contribution in [1.82, 2.24) is 0 Å². The highest BCUT2D eigenvalue weighted by atomic mass is 16.3. The standard InChI is InChI=1S/C14H22O2/c1-13(2,3)11(15)9-7-8-10-12(16)14(4,5)6/h11-12,15-16H,1-6H3. The van der Waals surface area contributed by atoms with Gasteiger partial charge in [-0.2, -0.15) is 0 Å². The number of aliphatic hydroxyl groups excluding tert-OH is 2. The largest absolute Gasteiger partial charge is 0.380 e. The summed E-state index contributed by atoms with van der Waals surface area (Å²) in [4.78, 5) is 0. The van der Waals surface area contributed by atoms with E-state index in [2.05, 4.69) is 23.7 Å². The van der Waals surface area contributed by atoms with Gasteiger partial charge < -0.3 is 10.2 Å². The third kappa shape index (κ3) is 5.81.